The molecule has 1 fully saturated rings. The summed E-state index contributed by atoms with van der Waals surface area (Å²) in [4.78, 5) is 18.1. The van der Waals surface area contributed by atoms with Crippen molar-refractivity contribution in [1.29, 1.82) is 0 Å². The first kappa shape index (κ1) is 16.4. The van der Waals surface area contributed by atoms with Crippen LogP contribution in [0.5, 0.6) is 0 Å². The van der Waals surface area contributed by atoms with Crippen LogP contribution in [0.2, 0.25) is 0 Å². The lowest BCUT2D eigenvalue weighted by Crippen LogP contribution is -2.47. The Kier molecular flexibility index (Phi) is 8.02. The largest absolute Gasteiger partial charge is 0.356 e. The zero-order valence-electron chi connectivity index (χ0n) is 12.8. The highest BCUT2D eigenvalue weighted by atomic mass is 16.1. The van der Waals surface area contributed by atoms with E-state index in [0.717, 1.165) is 19.5 Å². The fourth-order valence-corrected chi connectivity index (χ4v) is 2.41. The highest BCUT2D eigenvalue weighted by molar-refractivity contribution is 5.72. The van der Waals surface area contributed by atoms with Gasteiger partial charge >= 0.3 is 0 Å². The summed E-state index contributed by atoms with van der Waals surface area (Å²) in [5.74, 6) is 0.0747. The first-order valence-electron chi connectivity index (χ1n) is 7.42. The number of amides is 1. The van der Waals surface area contributed by atoms with E-state index in [0.29, 0.717) is 0 Å². The molecular formula is C14H30N4O. The molecule has 1 rings (SSSR count). The molecule has 0 radical (unpaired) electrons. The summed E-state index contributed by atoms with van der Waals surface area (Å²) in [6.45, 7) is 10.6. The van der Waals surface area contributed by atoms with Crippen molar-refractivity contribution < 1.29 is 4.79 Å². The van der Waals surface area contributed by atoms with Gasteiger partial charge in [-0.3, -0.25) is 4.79 Å². The van der Waals surface area contributed by atoms with Gasteiger partial charge in [-0.1, -0.05) is 0 Å². The average Bonchev–Trinajstić information content (AvgIpc) is 2.36. The van der Waals surface area contributed by atoms with E-state index in [2.05, 4.69) is 34.1 Å². The lowest BCUT2D eigenvalue weighted by Gasteiger charge is -2.34. The Bertz CT molecular complexity index is 250. The van der Waals surface area contributed by atoms with Gasteiger partial charge in [0, 0.05) is 39.6 Å². The fourth-order valence-electron chi connectivity index (χ4n) is 2.41. The van der Waals surface area contributed by atoms with Crippen LogP contribution < -0.4 is 5.32 Å². The Balaban J connectivity index is 2.00. The van der Waals surface area contributed by atoms with E-state index in [1.54, 1.807) is 6.92 Å². The number of hydrogen-bond acceptors (Lipinski definition) is 4. The van der Waals surface area contributed by atoms with Crippen LogP contribution >= 0.6 is 0 Å². The van der Waals surface area contributed by atoms with Crippen molar-refractivity contribution in [2.45, 2.75) is 19.8 Å². The van der Waals surface area contributed by atoms with E-state index in [-0.39, 0.29) is 5.91 Å². The maximum Gasteiger partial charge on any atom is 0.216 e. The summed E-state index contributed by atoms with van der Waals surface area (Å²) in [5, 5.41) is 2.85. The van der Waals surface area contributed by atoms with Crippen molar-refractivity contribution in [3.8, 4) is 0 Å². The minimum Gasteiger partial charge on any atom is -0.356 e. The predicted molar refractivity (Wildman–Crippen MR) is 79.4 cm³/mol. The van der Waals surface area contributed by atoms with Gasteiger partial charge in [-0.05, 0) is 46.6 Å². The molecule has 0 aromatic heterocycles. The second-order valence-electron chi connectivity index (χ2n) is 5.68. The molecule has 1 heterocycles. The lowest BCUT2D eigenvalue weighted by atomic mass is 10.2. The molecule has 0 bridgehead atoms. The maximum atomic E-state index is 10.8. The highest BCUT2D eigenvalue weighted by Gasteiger charge is 2.15. The van der Waals surface area contributed by atoms with E-state index < -0.39 is 0 Å². The smallest absolute Gasteiger partial charge is 0.216 e. The third-order valence-corrected chi connectivity index (χ3v) is 3.57. The average molecular weight is 270 g/mol. The minimum absolute atomic E-state index is 0.0747. The number of nitrogens with one attached hydrogen (secondary N) is 1. The van der Waals surface area contributed by atoms with E-state index in [1.807, 2.05) is 0 Å². The van der Waals surface area contributed by atoms with Gasteiger partial charge in [0.25, 0.3) is 0 Å². The lowest BCUT2D eigenvalue weighted by molar-refractivity contribution is -0.118. The van der Waals surface area contributed by atoms with Crippen molar-refractivity contribution in [2.24, 2.45) is 0 Å². The van der Waals surface area contributed by atoms with Crippen LogP contribution in [-0.4, -0.2) is 87.1 Å². The first-order valence-corrected chi connectivity index (χ1v) is 7.42. The van der Waals surface area contributed by atoms with Crippen molar-refractivity contribution in [1.82, 2.24) is 20.0 Å². The van der Waals surface area contributed by atoms with Crippen molar-refractivity contribution >= 4 is 5.91 Å². The van der Waals surface area contributed by atoms with Crippen LogP contribution in [0.4, 0.5) is 0 Å². The van der Waals surface area contributed by atoms with E-state index in [9.17, 15) is 4.79 Å². The molecule has 1 amide bonds. The molecule has 112 valence electrons. The second kappa shape index (κ2) is 9.28. The quantitative estimate of drug-likeness (QED) is 0.634. The molecule has 1 saturated heterocycles. The minimum atomic E-state index is 0.0747. The third-order valence-electron chi connectivity index (χ3n) is 3.57. The topological polar surface area (TPSA) is 38.8 Å². The molecule has 19 heavy (non-hydrogen) atoms. The van der Waals surface area contributed by atoms with Gasteiger partial charge in [0.1, 0.15) is 0 Å². The van der Waals surface area contributed by atoms with Gasteiger partial charge in [-0.15, -0.1) is 0 Å². The molecule has 5 nitrogen and oxygen atoms in total. The summed E-state index contributed by atoms with van der Waals surface area (Å²) in [6, 6.07) is 0. The molecule has 0 spiro atoms. The van der Waals surface area contributed by atoms with Gasteiger partial charge < -0.3 is 20.0 Å². The summed E-state index contributed by atoms with van der Waals surface area (Å²) >= 11 is 0. The number of rotatable bonds is 8. The molecule has 0 aromatic rings. The van der Waals surface area contributed by atoms with Crippen LogP contribution in [0.15, 0.2) is 0 Å². The molecule has 0 atom stereocenters. The van der Waals surface area contributed by atoms with Gasteiger partial charge in [0.2, 0.25) is 5.91 Å². The monoisotopic (exact) mass is 270 g/mol. The Morgan fingerprint density at radius 2 is 1.58 bits per heavy atom. The maximum absolute atomic E-state index is 10.8. The Morgan fingerprint density at radius 1 is 1.05 bits per heavy atom. The number of hydrogen-bond donors (Lipinski definition) is 1. The molecule has 0 aromatic carbocycles. The number of piperazine rings is 1. The predicted octanol–water partition coefficient (Wildman–Crippen LogP) is 0.0819. The van der Waals surface area contributed by atoms with Crippen molar-refractivity contribution in [3.05, 3.63) is 0 Å². The zero-order chi connectivity index (χ0) is 14.1. The molecule has 0 aliphatic carbocycles. The fraction of sp³-hybridized carbons (Fsp3) is 0.929. The Hall–Kier alpha value is -0.650. The molecular weight excluding hydrogens is 240 g/mol. The molecule has 0 unspecified atom stereocenters. The third kappa shape index (κ3) is 8.18. The van der Waals surface area contributed by atoms with Crippen molar-refractivity contribution in [3.63, 3.8) is 0 Å². The SMILES string of the molecule is CC(=O)NCCCN1CCN(CCCN(C)C)CC1. The molecule has 1 aliphatic heterocycles. The van der Waals surface area contributed by atoms with Crippen LogP contribution in [0.25, 0.3) is 0 Å². The van der Waals surface area contributed by atoms with E-state index in [1.165, 1.54) is 45.7 Å². The van der Waals surface area contributed by atoms with Crippen LogP contribution in [0.1, 0.15) is 19.8 Å². The summed E-state index contributed by atoms with van der Waals surface area (Å²) in [6.07, 6.45) is 2.32. The number of carbonyl (C=O) groups excluding carboxylic acids is 1. The highest BCUT2D eigenvalue weighted by Crippen LogP contribution is 2.03. The van der Waals surface area contributed by atoms with Gasteiger partial charge in [-0.2, -0.15) is 0 Å². The number of nitrogens with zero attached hydrogens (tertiary/aromatic N) is 3. The standard InChI is InChI=1S/C14H30N4O/c1-14(19)15-6-4-8-17-10-12-18(13-11-17)9-5-7-16(2)3/h4-13H2,1-3H3,(H,15,19). The summed E-state index contributed by atoms with van der Waals surface area (Å²) < 4.78 is 0. The Labute approximate surface area is 117 Å². The normalized spacial score (nSPS) is 17.9. The van der Waals surface area contributed by atoms with Gasteiger partial charge in [0.05, 0.1) is 0 Å². The first-order chi connectivity index (χ1) is 9.08. The summed E-state index contributed by atoms with van der Waals surface area (Å²) in [7, 11) is 4.26. The molecule has 5 heteroatoms. The van der Waals surface area contributed by atoms with Crippen LogP contribution in [0.3, 0.4) is 0 Å². The van der Waals surface area contributed by atoms with Gasteiger partial charge in [-0.25, -0.2) is 0 Å². The zero-order valence-corrected chi connectivity index (χ0v) is 12.8. The van der Waals surface area contributed by atoms with Crippen LogP contribution in [0, 0.1) is 0 Å². The molecule has 1 aliphatic rings. The van der Waals surface area contributed by atoms with E-state index >= 15 is 0 Å². The Morgan fingerprint density at radius 3 is 2.05 bits per heavy atom. The molecule has 0 saturated carbocycles. The summed E-state index contributed by atoms with van der Waals surface area (Å²) in [5.41, 5.74) is 0. The van der Waals surface area contributed by atoms with Crippen molar-refractivity contribution in [2.75, 3.05) is 66.5 Å². The number of carbonyl (C=O) groups is 1. The second-order valence-corrected chi connectivity index (χ2v) is 5.68. The van der Waals surface area contributed by atoms with Crippen LogP contribution in [-0.2, 0) is 4.79 Å². The van der Waals surface area contributed by atoms with E-state index in [4.69, 9.17) is 0 Å². The van der Waals surface area contributed by atoms with Gasteiger partial charge in [0.15, 0.2) is 0 Å². The molecule has 1 N–H and O–H groups in total.